The first kappa shape index (κ1) is 24.4. The van der Waals surface area contributed by atoms with Gasteiger partial charge in [-0.15, -0.1) is 0 Å². The van der Waals surface area contributed by atoms with Crippen LogP contribution in [0.5, 0.6) is 0 Å². The summed E-state index contributed by atoms with van der Waals surface area (Å²) < 4.78 is 28.6. The summed E-state index contributed by atoms with van der Waals surface area (Å²) in [5.74, 6) is -0.943. The van der Waals surface area contributed by atoms with E-state index in [1.807, 2.05) is 43.6 Å². The number of alkyl halides is 2. The normalized spacial score (nSPS) is 20.7. The summed E-state index contributed by atoms with van der Waals surface area (Å²) >= 11 is 0. The van der Waals surface area contributed by atoms with Crippen LogP contribution >= 0.6 is 13.5 Å². The van der Waals surface area contributed by atoms with Crippen molar-refractivity contribution >= 4 is 30.9 Å². The highest BCUT2D eigenvalue weighted by Gasteiger charge is 2.36. The molecule has 0 radical (unpaired) electrons. The number of aryl methyl sites for hydroxylation is 3. The third-order valence-corrected chi connectivity index (χ3v) is 6.37. The van der Waals surface area contributed by atoms with Gasteiger partial charge in [-0.2, -0.15) is 18.6 Å². The third-order valence-electron chi connectivity index (χ3n) is 6.37. The zero-order chi connectivity index (χ0) is 22.3. The van der Waals surface area contributed by atoms with Gasteiger partial charge in [0, 0.05) is 32.5 Å². The van der Waals surface area contributed by atoms with Crippen molar-refractivity contribution < 1.29 is 13.6 Å². The number of hydrogen-bond donors (Lipinski definition) is 1. The number of amides is 1. The maximum atomic E-state index is 13.4. The van der Waals surface area contributed by atoms with Crippen LogP contribution in [-0.4, -0.2) is 44.7 Å². The Kier molecular flexibility index (Phi) is 7.12. The number of halogens is 2. The van der Waals surface area contributed by atoms with Crippen LogP contribution in [0.15, 0.2) is 12.4 Å². The fraction of sp³-hybridized carbons (Fsp3) is 0.636. The number of carbonyl (C=O) groups is 1. The van der Waals surface area contributed by atoms with Gasteiger partial charge >= 0.3 is 0 Å². The lowest BCUT2D eigenvalue weighted by Crippen LogP contribution is -2.49. The Morgan fingerprint density at radius 2 is 1.91 bits per heavy atom. The average Bonchev–Trinajstić information content (AvgIpc) is 3.16. The number of aromatic nitrogens is 4. The molecule has 2 aromatic heterocycles. The minimum absolute atomic E-state index is 0. The highest BCUT2D eigenvalue weighted by Crippen LogP contribution is 2.38. The van der Waals surface area contributed by atoms with Gasteiger partial charge in [-0.25, -0.2) is 18.7 Å². The van der Waals surface area contributed by atoms with Gasteiger partial charge in [0.25, 0.3) is 0 Å². The smallest absolute Gasteiger partial charge is 0.248 e. The van der Waals surface area contributed by atoms with Crippen LogP contribution in [0.2, 0.25) is 0 Å². The predicted octanol–water partition coefficient (Wildman–Crippen LogP) is 4.04. The van der Waals surface area contributed by atoms with Crippen molar-refractivity contribution in [3.05, 3.63) is 29.5 Å². The fourth-order valence-corrected chi connectivity index (χ4v) is 4.63. The van der Waals surface area contributed by atoms with Gasteiger partial charge in [-0.3, -0.25) is 9.48 Å². The average molecular weight is 467 g/mol. The van der Waals surface area contributed by atoms with E-state index in [0.29, 0.717) is 37.2 Å². The van der Waals surface area contributed by atoms with E-state index >= 15 is 0 Å². The van der Waals surface area contributed by atoms with E-state index in [4.69, 9.17) is 4.98 Å². The van der Waals surface area contributed by atoms with E-state index in [-0.39, 0.29) is 50.2 Å². The predicted molar refractivity (Wildman–Crippen MR) is 125 cm³/mol. The number of carbonyl (C=O) groups excluding carboxylic acids is 1. The number of rotatable bonds is 5. The third kappa shape index (κ3) is 4.89. The van der Waals surface area contributed by atoms with Crippen LogP contribution in [0.4, 0.5) is 20.3 Å². The molecule has 1 amide bonds. The first-order valence-corrected chi connectivity index (χ1v) is 11.0. The summed E-state index contributed by atoms with van der Waals surface area (Å²) in [7, 11) is 1.90. The van der Waals surface area contributed by atoms with Gasteiger partial charge in [-0.05, 0) is 37.7 Å². The molecule has 1 aliphatic carbocycles. The standard InChI is InChI=1S/C22H30F2N6O.H2S/c1-13(2)19-21(31)28-18-14(3)26-17(27-20(18)29(19)4)6-5-15-11-25-30(12-15)16-7-9-22(23,24)10-8-16;/h11-13,16,19H,5-10H2,1-4H3,(H,28,31);1H2/t19-;/m0./s1. The zero-order valence-corrected chi connectivity index (χ0v) is 20.0. The maximum absolute atomic E-state index is 13.4. The fourth-order valence-electron chi connectivity index (χ4n) is 4.63. The Balaban J connectivity index is 0.00000289. The summed E-state index contributed by atoms with van der Waals surface area (Å²) in [6, 6.07) is -0.225. The summed E-state index contributed by atoms with van der Waals surface area (Å²) in [6.45, 7) is 5.92. The largest absolute Gasteiger partial charge is 0.346 e. The minimum atomic E-state index is -2.53. The van der Waals surface area contributed by atoms with Gasteiger partial charge < -0.3 is 10.2 Å². The molecule has 0 saturated heterocycles. The van der Waals surface area contributed by atoms with Crippen LogP contribution in [0.3, 0.4) is 0 Å². The van der Waals surface area contributed by atoms with E-state index in [2.05, 4.69) is 15.4 Å². The summed E-state index contributed by atoms with van der Waals surface area (Å²) in [5.41, 5.74) is 2.47. The van der Waals surface area contributed by atoms with Crippen LogP contribution in [0.1, 0.15) is 62.7 Å². The summed E-state index contributed by atoms with van der Waals surface area (Å²) in [5, 5.41) is 7.38. The molecule has 3 heterocycles. The number of fused-ring (bicyclic) bond motifs is 1. The lowest BCUT2D eigenvalue weighted by atomic mass is 9.92. The first-order chi connectivity index (χ1) is 14.6. The second-order valence-corrected chi connectivity index (χ2v) is 9.13. The molecule has 176 valence electrons. The Hall–Kier alpha value is -2.23. The van der Waals surface area contributed by atoms with Crippen LogP contribution in [0, 0.1) is 12.8 Å². The molecular weight excluding hydrogens is 434 g/mol. The molecule has 0 spiro atoms. The van der Waals surface area contributed by atoms with Crippen LogP contribution in [0.25, 0.3) is 0 Å². The highest BCUT2D eigenvalue weighted by molar-refractivity contribution is 7.59. The van der Waals surface area contributed by atoms with Crippen LogP contribution in [-0.2, 0) is 17.6 Å². The molecule has 0 aromatic carbocycles. The Bertz CT molecular complexity index is 969. The minimum Gasteiger partial charge on any atom is -0.346 e. The lowest BCUT2D eigenvalue weighted by Gasteiger charge is -2.36. The molecule has 0 bridgehead atoms. The quantitative estimate of drug-likeness (QED) is 0.720. The first-order valence-electron chi connectivity index (χ1n) is 11.0. The molecule has 1 N–H and O–H groups in total. The van der Waals surface area contributed by atoms with Crippen molar-refractivity contribution in [1.82, 2.24) is 19.7 Å². The number of nitrogens with one attached hydrogen (secondary N) is 1. The molecule has 2 aliphatic rings. The van der Waals surface area contributed by atoms with Crippen molar-refractivity contribution in [2.24, 2.45) is 5.92 Å². The molecule has 1 atom stereocenters. The molecule has 10 heteroatoms. The SMILES string of the molecule is Cc1nc(CCc2cnn(C3CCC(F)(F)CC3)c2)nc2c1NC(=O)[C@H](C(C)C)N2C.S. The molecule has 1 fully saturated rings. The Morgan fingerprint density at radius 1 is 1.22 bits per heavy atom. The number of likely N-dealkylation sites (N-methyl/N-ethyl adjacent to an activating group) is 1. The number of anilines is 2. The molecule has 0 unspecified atom stereocenters. The molecule has 32 heavy (non-hydrogen) atoms. The Labute approximate surface area is 194 Å². The Morgan fingerprint density at radius 3 is 2.56 bits per heavy atom. The zero-order valence-electron chi connectivity index (χ0n) is 19.0. The summed E-state index contributed by atoms with van der Waals surface area (Å²) in [6.07, 6.45) is 5.88. The monoisotopic (exact) mass is 466 g/mol. The van der Waals surface area contributed by atoms with Gasteiger partial charge in [0.2, 0.25) is 11.8 Å². The molecule has 4 rings (SSSR count). The van der Waals surface area contributed by atoms with Crippen molar-refractivity contribution in [2.45, 2.75) is 77.3 Å². The molecule has 2 aromatic rings. The topological polar surface area (TPSA) is 75.9 Å². The van der Waals surface area contributed by atoms with Crippen LogP contribution < -0.4 is 10.2 Å². The van der Waals surface area contributed by atoms with E-state index in [1.54, 1.807) is 6.20 Å². The molecule has 1 saturated carbocycles. The molecule has 7 nitrogen and oxygen atoms in total. The van der Waals surface area contributed by atoms with Crippen molar-refractivity contribution in [3.8, 4) is 0 Å². The number of hydrogen-bond acceptors (Lipinski definition) is 5. The second-order valence-electron chi connectivity index (χ2n) is 9.13. The second kappa shape index (κ2) is 9.33. The van der Waals surface area contributed by atoms with Crippen molar-refractivity contribution in [2.75, 3.05) is 17.3 Å². The maximum Gasteiger partial charge on any atom is 0.248 e. The van der Waals surface area contributed by atoms with Crippen molar-refractivity contribution in [1.29, 1.82) is 0 Å². The van der Waals surface area contributed by atoms with E-state index in [0.717, 1.165) is 17.1 Å². The van der Waals surface area contributed by atoms with Gasteiger partial charge in [-0.1, -0.05) is 13.8 Å². The van der Waals surface area contributed by atoms with Gasteiger partial charge in [0.05, 0.1) is 17.9 Å². The van der Waals surface area contributed by atoms with Crippen molar-refractivity contribution in [3.63, 3.8) is 0 Å². The van der Waals surface area contributed by atoms with E-state index in [9.17, 15) is 13.6 Å². The highest BCUT2D eigenvalue weighted by atomic mass is 32.1. The van der Waals surface area contributed by atoms with E-state index < -0.39 is 5.92 Å². The van der Waals surface area contributed by atoms with E-state index in [1.165, 1.54) is 0 Å². The van der Waals surface area contributed by atoms with Gasteiger partial charge in [0.1, 0.15) is 17.6 Å². The molecular formula is C22H32F2N6OS. The van der Waals surface area contributed by atoms with Gasteiger partial charge in [0.15, 0.2) is 5.82 Å². The lowest BCUT2D eigenvalue weighted by molar-refractivity contribution is -0.118. The number of nitrogens with zero attached hydrogens (tertiary/aromatic N) is 5. The molecule has 1 aliphatic heterocycles. The summed E-state index contributed by atoms with van der Waals surface area (Å²) in [4.78, 5) is 23.7.